The fraction of sp³-hybridized carbons (Fsp3) is 1.00. The molecule has 2 nitrogen and oxygen atoms in total. The zero-order valence-corrected chi connectivity index (χ0v) is 13.2. The molecule has 4 bridgehead atoms. The van der Waals surface area contributed by atoms with Gasteiger partial charge in [0.25, 0.3) is 0 Å². The van der Waals surface area contributed by atoms with Crippen molar-refractivity contribution in [1.82, 2.24) is 4.90 Å². The topological polar surface area (TPSA) is 29.3 Å². The monoisotopic (exact) mass is 276 g/mol. The van der Waals surface area contributed by atoms with Gasteiger partial charge in [-0.3, -0.25) is 4.90 Å². The van der Waals surface area contributed by atoms with Crippen molar-refractivity contribution in [2.75, 3.05) is 13.1 Å². The maximum absolute atomic E-state index is 6.49. The van der Waals surface area contributed by atoms with Gasteiger partial charge < -0.3 is 5.73 Å². The molecule has 4 saturated carbocycles. The van der Waals surface area contributed by atoms with E-state index < -0.39 is 0 Å². The number of hydrogen-bond acceptors (Lipinski definition) is 2. The van der Waals surface area contributed by atoms with E-state index in [0.29, 0.717) is 5.54 Å². The van der Waals surface area contributed by atoms with E-state index in [1.165, 1.54) is 57.9 Å². The summed E-state index contributed by atoms with van der Waals surface area (Å²) in [4.78, 5) is 2.95. The summed E-state index contributed by atoms with van der Waals surface area (Å²) in [6, 6.07) is 0.824. The van der Waals surface area contributed by atoms with Crippen LogP contribution >= 0.6 is 0 Å². The predicted octanol–water partition coefficient (Wildman–Crippen LogP) is 3.40. The van der Waals surface area contributed by atoms with Crippen LogP contribution in [-0.2, 0) is 0 Å². The lowest BCUT2D eigenvalue weighted by atomic mass is 9.47. The summed E-state index contributed by atoms with van der Waals surface area (Å²) < 4.78 is 0. The molecule has 114 valence electrons. The van der Waals surface area contributed by atoms with Crippen LogP contribution in [0, 0.1) is 23.7 Å². The highest BCUT2D eigenvalue weighted by molar-refractivity contribution is 5.13. The highest BCUT2D eigenvalue weighted by atomic mass is 15.3. The standard InChI is InChI=1S/C18H32N2/c1-2-17-5-3-4-6-20(17)18(12-19)15-8-13-7-14(10-15)11-16(18)9-13/h13-17H,2-12,19H2,1H3. The molecule has 0 radical (unpaired) electrons. The first-order valence-electron chi connectivity index (χ1n) is 9.24. The van der Waals surface area contributed by atoms with Gasteiger partial charge in [-0.1, -0.05) is 13.3 Å². The van der Waals surface area contributed by atoms with Crippen molar-refractivity contribution < 1.29 is 0 Å². The second-order valence-electron chi connectivity index (χ2n) is 8.25. The minimum absolute atomic E-state index is 0.397. The number of nitrogens with two attached hydrogens (primary N) is 1. The molecule has 0 aromatic carbocycles. The van der Waals surface area contributed by atoms with Gasteiger partial charge in [-0.05, 0) is 81.6 Å². The maximum atomic E-state index is 6.49. The average molecular weight is 276 g/mol. The Balaban J connectivity index is 1.68. The number of piperidine rings is 1. The molecule has 0 aromatic rings. The molecule has 0 spiro atoms. The number of likely N-dealkylation sites (tertiary alicyclic amines) is 1. The van der Waals surface area contributed by atoms with E-state index in [9.17, 15) is 0 Å². The molecule has 5 aliphatic rings. The van der Waals surface area contributed by atoms with Crippen molar-refractivity contribution in [3.63, 3.8) is 0 Å². The summed E-state index contributed by atoms with van der Waals surface area (Å²) in [5, 5.41) is 0. The van der Waals surface area contributed by atoms with E-state index in [4.69, 9.17) is 5.73 Å². The summed E-state index contributed by atoms with van der Waals surface area (Å²) in [5.41, 5.74) is 6.89. The van der Waals surface area contributed by atoms with Crippen LogP contribution in [0.5, 0.6) is 0 Å². The molecule has 1 aliphatic heterocycles. The van der Waals surface area contributed by atoms with Gasteiger partial charge in [0.2, 0.25) is 0 Å². The number of nitrogens with zero attached hydrogens (tertiary/aromatic N) is 1. The second kappa shape index (κ2) is 4.98. The Morgan fingerprint density at radius 3 is 2.20 bits per heavy atom. The van der Waals surface area contributed by atoms with Crippen LogP contribution < -0.4 is 5.73 Å². The molecule has 1 atom stereocenters. The molecular formula is C18H32N2. The summed E-state index contributed by atoms with van der Waals surface area (Å²) in [5.74, 6) is 3.97. The molecule has 1 saturated heterocycles. The van der Waals surface area contributed by atoms with Crippen LogP contribution in [0.4, 0.5) is 0 Å². The first-order valence-corrected chi connectivity index (χ1v) is 9.24. The molecule has 2 N–H and O–H groups in total. The quantitative estimate of drug-likeness (QED) is 0.856. The molecule has 5 fully saturated rings. The minimum Gasteiger partial charge on any atom is -0.329 e. The number of hydrogen-bond donors (Lipinski definition) is 1. The molecule has 4 aliphatic carbocycles. The van der Waals surface area contributed by atoms with E-state index in [0.717, 1.165) is 36.3 Å². The van der Waals surface area contributed by atoms with Crippen molar-refractivity contribution in [2.45, 2.75) is 76.3 Å². The first kappa shape index (κ1) is 13.6. The van der Waals surface area contributed by atoms with E-state index in [1.54, 1.807) is 6.42 Å². The van der Waals surface area contributed by atoms with Crippen LogP contribution in [0.3, 0.4) is 0 Å². The minimum atomic E-state index is 0.397. The van der Waals surface area contributed by atoms with Crippen LogP contribution in [-0.4, -0.2) is 29.6 Å². The summed E-state index contributed by atoms with van der Waals surface area (Å²) >= 11 is 0. The largest absolute Gasteiger partial charge is 0.329 e. The molecule has 1 unspecified atom stereocenters. The SMILES string of the molecule is CCC1CCCCN1C1(CN)C2CC3CC(C2)CC1C3. The Morgan fingerprint density at radius 1 is 1.00 bits per heavy atom. The molecule has 1 heterocycles. The van der Waals surface area contributed by atoms with E-state index in [-0.39, 0.29) is 0 Å². The average Bonchev–Trinajstić information content (AvgIpc) is 2.47. The van der Waals surface area contributed by atoms with Crippen LogP contribution in [0.25, 0.3) is 0 Å². The van der Waals surface area contributed by atoms with E-state index >= 15 is 0 Å². The summed E-state index contributed by atoms with van der Waals surface area (Å²) in [7, 11) is 0. The summed E-state index contributed by atoms with van der Waals surface area (Å²) in [6.07, 6.45) is 13.1. The van der Waals surface area contributed by atoms with Crippen LogP contribution in [0.15, 0.2) is 0 Å². The van der Waals surface area contributed by atoms with E-state index in [2.05, 4.69) is 11.8 Å². The predicted molar refractivity (Wildman–Crippen MR) is 83.5 cm³/mol. The lowest BCUT2D eigenvalue weighted by Crippen LogP contribution is -2.71. The van der Waals surface area contributed by atoms with Gasteiger partial charge in [0.05, 0.1) is 0 Å². The molecule has 5 rings (SSSR count). The smallest absolute Gasteiger partial charge is 0.0391 e. The normalized spacial score (nSPS) is 51.6. The highest BCUT2D eigenvalue weighted by Gasteiger charge is 2.59. The Labute approximate surface area is 124 Å². The van der Waals surface area contributed by atoms with Crippen molar-refractivity contribution >= 4 is 0 Å². The van der Waals surface area contributed by atoms with Crippen LogP contribution in [0.2, 0.25) is 0 Å². The van der Waals surface area contributed by atoms with Gasteiger partial charge >= 0.3 is 0 Å². The van der Waals surface area contributed by atoms with Gasteiger partial charge in [0.15, 0.2) is 0 Å². The molecule has 2 heteroatoms. The van der Waals surface area contributed by atoms with Gasteiger partial charge in [0.1, 0.15) is 0 Å². The Hall–Kier alpha value is -0.0800. The fourth-order valence-electron chi connectivity index (χ4n) is 6.89. The van der Waals surface area contributed by atoms with Crippen molar-refractivity contribution in [3.8, 4) is 0 Å². The van der Waals surface area contributed by atoms with E-state index in [1.807, 2.05) is 0 Å². The van der Waals surface area contributed by atoms with Gasteiger partial charge in [0, 0.05) is 18.1 Å². The Bertz CT molecular complexity index is 336. The Morgan fingerprint density at radius 2 is 1.65 bits per heavy atom. The Kier molecular flexibility index (Phi) is 3.38. The fourth-order valence-corrected chi connectivity index (χ4v) is 6.89. The van der Waals surface area contributed by atoms with Gasteiger partial charge in [-0.15, -0.1) is 0 Å². The summed E-state index contributed by atoms with van der Waals surface area (Å²) in [6.45, 7) is 4.65. The highest BCUT2D eigenvalue weighted by Crippen LogP contribution is 2.60. The zero-order valence-electron chi connectivity index (χ0n) is 13.2. The van der Waals surface area contributed by atoms with Crippen molar-refractivity contribution in [3.05, 3.63) is 0 Å². The molecule has 0 amide bonds. The third-order valence-electron chi connectivity index (χ3n) is 7.51. The molecular weight excluding hydrogens is 244 g/mol. The van der Waals surface area contributed by atoms with Gasteiger partial charge in [-0.2, -0.15) is 0 Å². The number of rotatable bonds is 3. The molecule has 0 aromatic heterocycles. The lowest BCUT2D eigenvalue weighted by molar-refractivity contribution is -0.151. The third kappa shape index (κ3) is 1.76. The van der Waals surface area contributed by atoms with Gasteiger partial charge in [-0.25, -0.2) is 0 Å². The maximum Gasteiger partial charge on any atom is 0.0391 e. The van der Waals surface area contributed by atoms with Crippen molar-refractivity contribution in [2.24, 2.45) is 29.4 Å². The lowest BCUT2D eigenvalue weighted by Gasteiger charge is -2.66. The second-order valence-corrected chi connectivity index (χ2v) is 8.25. The third-order valence-corrected chi connectivity index (χ3v) is 7.51. The molecule has 20 heavy (non-hydrogen) atoms. The van der Waals surface area contributed by atoms with Crippen LogP contribution in [0.1, 0.15) is 64.7 Å². The zero-order chi connectivity index (χ0) is 13.7. The van der Waals surface area contributed by atoms with Crippen molar-refractivity contribution in [1.29, 1.82) is 0 Å². The first-order chi connectivity index (χ1) is 9.77.